The van der Waals surface area contributed by atoms with Crippen LogP contribution in [0.1, 0.15) is 50.7 Å². The Morgan fingerprint density at radius 1 is 0.846 bits per heavy atom. The number of hydrogen-bond acceptors (Lipinski definition) is 0. The molecule has 1 aromatic rings. The molecule has 1 heterocycles. The van der Waals surface area contributed by atoms with E-state index in [0.29, 0.717) is 11.8 Å². The van der Waals surface area contributed by atoms with Crippen LogP contribution in [0.25, 0.3) is 13.2 Å². The lowest BCUT2D eigenvalue weighted by molar-refractivity contribution is 0.791. The average Bonchev–Trinajstić information content (AvgIpc) is 2.24. The highest BCUT2D eigenvalue weighted by molar-refractivity contribution is 5.34. The lowest BCUT2D eigenvalue weighted by atomic mass is 9.94. The molecule has 0 aromatic carbocycles. The molecular formula is C12H19N. The highest BCUT2D eigenvalue weighted by Crippen LogP contribution is 2.19. The maximum atomic E-state index is 4.01. The van der Waals surface area contributed by atoms with Crippen LogP contribution in [-0.4, -0.2) is 4.98 Å². The fourth-order valence-electron chi connectivity index (χ4n) is 1.96. The van der Waals surface area contributed by atoms with Crippen LogP contribution in [0.2, 0.25) is 0 Å². The molecule has 0 unspecified atom stereocenters. The molecule has 0 fully saturated rings. The van der Waals surface area contributed by atoms with Crippen LogP contribution in [0.5, 0.6) is 0 Å². The van der Waals surface area contributed by atoms with Gasteiger partial charge < -0.3 is 4.98 Å². The van der Waals surface area contributed by atoms with Gasteiger partial charge >= 0.3 is 0 Å². The van der Waals surface area contributed by atoms with Crippen LogP contribution in [0.3, 0.4) is 0 Å². The van der Waals surface area contributed by atoms with Gasteiger partial charge in [0, 0.05) is 10.7 Å². The van der Waals surface area contributed by atoms with Gasteiger partial charge in [-0.05, 0) is 23.0 Å². The number of H-pyrrole nitrogens is 1. The van der Waals surface area contributed by atoms with Crippen molar-refractivity contribution in [2.24, 2.45) is 0 Å². The summed E-state index contributed by atoms with van der Waals surface area (Å²) in [4.78, 5) is 3.22. The molecule has 0 saturated carbocycles. The second kappa shape index (κ2) is 3.41. The lowest BCUT2D eigenvalue weighted by Crippen LogP contribution is -2.08. The number of aromatic nitrogens is 1. The SMILES string of the molecule is C=c1[nH]c(=C)c(C(C)C)c1C(C)C. The Morgan fingerprint density at radius 2 is 1.15 bits per heavy atom. The highest BCUT2D eigenvalue weighted by Gasteiger charge is 2.13. The molecule has 0 bridgehead atoms. The second-order valence-electron chi connectivity index (χ2n) is 4.22. The molecule has 0 saturated heterocycles. The summed E-state index contributed by atoms with van der Waals surface area (Å²) in [5.41, 5.74) is 2.69. The molecule has 1 heteroatoms. The summed E-state index contributed by atoms with van der Waals surface area (Å²) >= 11 is 0. The molecule has 0 amide bonds. The van der Waals surface area contributed by atoms with Crippen LogP contribution >= 0.6 is 0 Å². The maximum Gasteiger partial charge on any atom is 0.0349 e. The molecule has 1 N–H and O–H groups in total. The van der Waals surface area contributed by atoms with Crippen molar-refractivity contribution in [1.82, 2.24) is 4.98 Å². The topological polar surface area (TPSA) is 15.8 Å². The van der Waals surface area contributed by atoms with Crippen LogP contribution < -0.4 is 10.7 Å². The first-order chi connectivity index (χ1) is 5.95. The Bertz CT molecular complexity index is 345. The van der Waals surface area contributed by atoms with Crippen molar-refractivity contribution in [3.8, 4) is 0 Å². The number of aromatic amines is 1. The lowest BCUT2D eigenvalue weighted by Gasteiger charge is -2.10. The molecule has 1 nitrogen and oxygen atoms in total. The predicted molar refractivity (Wildman–Crippen MR) is 59.3 cm³/mol. The van der Waals surface area contributed by atoms with Crippen molar-refractivity contribution in [3.05, 3.63) is 21.8 Å². The van der Waals surface area contributed by atoms with Crippen molar-refractivity contribution < 1.29 is 0 Å². The van der Waals surface area contributed by atoms with Crippen LogP contribution in [0.4, 0.5) is 0 Å². The third-order valence-electron chi connectivity index (χ3n) is 2.40. The fourth-order valence-corrected chi connectivity index (χ4v) is 1.96. The molecule has 13 heavy (non-hydrogen) atoms. The van der Waals surface area contributed by atoms with E-state index in [2.05, 4.69) is 45.8 Å². The van der Waals surface area contributed by atoms with Crippen LogP contribution in [0, 0.1) is 0 Å². The summed E-state index contributed by atoms with van der Waals surface area (Å²) in [5, 5.41) is 2.06. The molecule has 0 aliphatic heterocycles. The number of nitrogens with one attached hydrogen (secondary N) is 1. The van der Waals surface area contributed by atoms with Crippen LogP contribution in [0.15, 0.2) is 0 Å². The van der Waals surface area contributed by atoms with E-state index < -0.39 is 0 Å². The molecular weight excluding hydrogens is 158 g/mol. The van der Waals surface area contributed by atoms with E-state index in [0.717, 1.165) is 10.7 Å². The predicted octanol–water partition coefficient (Wildman–Crippen LogP) is 2.08. The third-order valence-corrected chi connectivity index (χ3v) is 2.40. The van der Waals surface area contributed by atoms with E-state index in [9.17, 15) is 0 Å². The molecule has 0 spiro atoms. The van der Waals surface area contributed by atoms with E-state index in [-0.39, 0.29) is 0 Å². The number of rotatable bonds is 2. The standard InChI is InChI=1S/C12H19N/c1-7(2)11-9(5)13-10(6)12(11)8(3)4/h7-8,13H,5-6H2,1-4H3. The van der Waals surface area contributed by atoms with Crippen molar-refractivity contribution >= 4 is 13.2 Å². The summed E-state index contributed by atoms with van der Waals surface area (Å²) < 4.78 is 0. The van der Waals surface area contributed by atoms with Gasteiger partial charge in [0.2, 0.25) is 0 Å². The zero-order valence-corrected chi connectivity index (χ0v) is 9.07. The Morgan fingerprint density at radius 3 is 1.38 bits per heavy atom. The summed E-state index contributed by atoms with van der Waals surface area (Å²) in [6.45, 7) is 16.8. The molecule has 0 aliphatic rings. The average molecular weight is 177 g/mol. The second-order valence-corrected chi connectivity index (χ2v) is 4.22. The minimum atomic E-state index is 0.525. The van der Waals surface area contributed by atoms with Crippen molar-refractivity contribution in [1.29, 1.82) is 0 Å². The first-order valence-electron chi connectivity index (χ1n) is 4.84. The van der Waals surface area contributed by atoms with Crippen molar-refractivity contribution in [3.63, 3.8) is 0 Å². The quantitative estimate of drug-likeness (QED) is 0.712. The van der Waals surface area contributed by atoms with Gasteiger partial charge in [-0.3, -0.25) is 0 Å². The van der Waals surface area contributed by atoms with Gasteiger partial charge in [-0.2, -0.15) is 0 Å². The Kier molecular flexibility index (Phi) is 2.65. The first-order valence-corrected chi connectivity index (χ1v) is 4.84. The first kappa shape index (κ1) is 10.1. The van der Waals surface area contributed by atoms with E-state index in [1.165, 1.54) is 11.1 Å². The monoisotopic (exact) mass is 177 g/mol. The van der Waals surface area contributed by atoms with Gasteiger partial charge in [0.05, 0.1) is 0 Å². The zero-order valence-electron chi connectivity index (χ0n) is 9.07. The largest absolute Gasteiger partial charge is 0.356 e. The minimum Gasteiger partial charge on any atom is -0.356 e. The molecule has 1 rings (SSSR count). The summed E-state index contributed by atoms with van der Waals surface area (Å²) in [5.74, 6) is 1.05. The van der Waals surface area contributed by atoms with E-state index in [1.807, 2.05) is 0 Å². The van der Waals surface area contributed by atoms with E-state index in [1.54, 1.807) is 0 Å². The smallest absolute Gasteiger partial charge is 0.0349 e. The van der Waals surface area contributed by atoms with Gasteiger partial charge in [0.25, 0.3) is 0 Å². The normalized spacial score (nSPS) is 11.5. The Labute approximate surface area is 80.2 Å². The maximum absolute atomic E-state index is 4.01. The molecule has 0 radical (unpaired) electrons. The zero-order chi connectivity index (χ0) is 10.2. The van der Waals surface area contributed by atoms with Gasteiger partial charge in [0.1, 0.15) is 0 Å². The van der Waals surface area contributed by atoms with E-state index in [4.69, 9.17) is 0 Å². The molecule has 0 aliphatic carbocycles. The van der Waals surface area contributed by atoms with Gasteiger partial charge in [-0.1, -0.05) is 40.9 Å². The van der Waals surface area contributed by atoms with Crippen molar-refractivity contribution in [2.75, 3.05) is 0 Å². The van der Waals surface area contributed by atoms with Crippen LogP contribution in [-0.2, 0) is 0 Å². The molecule has 1 aromatic heterocycles. The van der Waals surface area contributed by atoms with Gasteiger partial charge in [-0.25, -0.2) is 0 Å². The minimum absolute atomic E-state index is 0.525. The molecule has 72 valence electrons. The van der Waals surface area contributed by atoms with Gasteiger partial charge in [0.15, 0.2) is 0 Å². The summed E-state index contributed by atoms with van der Waals surface area (Å²) in [7, 11) is 0. The van der Waals surface area contributed by atoms with Crippen molar-refractivity contribution in [2.45, 2.75) is 39.5 Å². The highest BCUT2D eigenvalue weighted by atomic mass is 14.7. The summed E-state index contributed by atoms with van der Waals surface area (Å²) in [6, 6.07) is 0. The third kappa shape index (κ3) is 1.69. The molecule has 0 atom stereocenters. The summed E-state index contributed by atoms with van der Waals surface area (Å²) in [6.07, 6.45) is 0. The Balaban J connectivity index is 3.48. The van der Waals surface area contributed by atoms with Gasteiger partial charge in [-0.15, -0.1) is 0 Å². The fraction of sp³-hybridized carbons (Fsp3) is 0.500. The Hall–Kier alpha value is -0.980. The van der Waals surface area contributed by atoms with E-state index >= 15 is 0 Å². The number of hydrogen-bond donors (Lipinski definition) is 1.